The van der Waals surface area contributed by atoms with Gasteiger partial charge in [0.15, 0.2) is 5.82 Å². The first-order valence-corrected chi connectivity index (χ1v) is 7.43. The fourth-order valence-electron chi connectivity index (χ4n) is 2.47. The molecule has 3 nitrogen and oxygen atoms in total. The van der Waals surface area contributed by atoms with Gasteiger partial charge in [0.05, 0.1) is 16.6 Å². The third-order valence-electron chi connectivity index (χ3n) is 3.51. The number of nitriles is 1. The fraction of sp³-hybridized carbons (Fsp3) is 0.111. The molecule has 2 aromatic carbocycles. The van der Waals surface area contributed by atoms with Crippen molar-refractivity contribution < 1.29 is 0 Å². The molecule has 0 atom stereocenters. The Morgan fingerprint density at radius 2 is 1.95 bits per heavy atom. The molecule has 0 radical (unpaired) electrons. The number of hydrogen-bond donors (Lipinski definition) is 0. The zero-order chi connectivity index (χ0) is 15.5. The van der Waals surface area contributed by atoms with Crippen molar-refractivity contribution in [3.8, 4) is 6.07 Å². The van der Waals surface area contributed by atoms with Gasteiger partial charge >= 0.3 is 0 Å². The zero-order valence-corrected chi connectivity index (χ0v) is 12.9. The molecule has 0 N–H and O–H groups in total. The number of hydrogen-bond acceptors (Lipinski definition) is 2. The van der Waals surface area contributed by atoms with Crippen molar-refractivity contribution in [2.45, 2.75) is 13.5 Å². The smallest absolute Gasteiger partial charge is 0.151 e. The highest BCUT2D eigenvalue weighted by Gasteiger charge is 2.13. The van der Waals surface area contributed by atoms with Crippen molar-refractivity contribution in [3.63, 3.8) is 0 Å². The molecule has 4 heteroatoms. The summed E-state index contributed by atoms with van der Waals surface area (Å²) in [4.78, 5) is 4.61. The largest absolute Gasteiger partial charge is 0.324 e. The molecule has 108 valence electrons. The topological polar surface area (TPSA) is 41.6 Å². The van der Waals surface area contributed by atoms with Crippen molar-refractivity contribution in [2.24, 2.45) is 0 Å². The van der Waals surface area contributed by atoms with Gasteiger partial charge in [-0.2, -0.15) is 5.26 Å². The summed E-state index contributed by atoms with van der Waals surface area (Å²) >= 11 is 5.90. The highest BCUT2D eigenvalue weighted by atomic mass is 35.5. The van der Waals surface area contributed by atoms with Crippen LogP contribution in [0.25, 0.3) is 22.7 Å². The van der Waals surface area contributed by atoms with Crippen molar-refractivity contribution in [1.29, 1.82) is 5.26 Å². The summed E-state index contributed by atoms with van der Waals surface area (Å²) in [6, 6.07) is 17.6. The molecule has 0 spiro atoms. The summed E-state index contributed by atoms with van der Waals surface area (Å²) in [6.07, 6.45) is 1.84. The third kappa shape index (κ3) is 2.61. The zero-order valence-electron chi connectivity index (χ0n) is 12.1. The number of para-hydroxylation sites is 2. The maximum atomic E-state index is 9.54. The Labute approximate surface area is 134 Å². The van der Waals surface area contributed by atoms with Gasteiger partial charge in [0.2, 0.25) is 0 Å². The van der Waals surface area contributed by atoms with E-state index < -0.39 is 0 Å². The summed E-state index contributed by atoms with van der Waals surface area (Å²) < 4.78 is 2.06. The van der Waals surface area contributed by atoms with E-state index in [9.17, 15) is 5.26 Å². The predicted octanol–water partition coefficient (Wildman–Crippen LogP) is 4.77. The van der Waals surface area contributed by atoms with E-state index in [1.54, 1.807) is 0 Å². The normalized spacial score (nSPS) is 11.6. The monoisotopic (exact) mass is 307 g/mol. The number of aryl methyl sites for hydroxylation is 1. The van der Waals surface area contributed by atoms with Gasteiger partial charge in [-0.3, -0.25) is 0 Å². The third-order valence-corrected chi connectivity index (χ3v) is 3.77. The van der Waals surface area contributed by atoms with Gasteiger partial charge in [0.25, 0.3) is 0 Å². The Morgan fingerprint density at radius 3 is 2.64 bits per heavy atom. The van der Waals surface area contributed by atoms with Crippen LogP contribution in [-0.2, 0) is 6.54 Å². The standard InChI is InChI=1S/C18H14ClN3/c1-2-22-17-6-4-3-5-16(17)21-18(22)14(12-20)11-13-7-9-15(19)10-8-13/h3-11H,2H2,1H3/b14-11-. The molecule has 1 aromatic heterocycles. The van der Waals surface area contributed by atoms with Crippen LogP contribution in [0.4, 0.5) is 0 Å². The second kappa shape index (κ2) is 6.05. The van der Waals surface area contributed by atoms with Crippen LogP contribution in [0.15, 0.2) is 48.5 Å². The Bertz CT molecular complexity index is 883. The molecule has 3 aromatic rings. The van der Waals surface area contributed by atoms with E-state index in [-0.39, 0.29) is 0 Å². The highest BCUT2D eigenvalue weighted by molar-refractivity contribution is 6.30. The van der Waals surface area contributed by atoms with E-state index in [1.807, 2.05) is 54.6 Å². The second-order valence-corrected chi connectivity index (χ2v) is 5.33. The molecule has 0 aliphatic heterocycles. The van der Waals surface area contributed by atoms with E-state index >= 15 is 0 Å². The molecule has 0 saturated carbocycles. The van der Waals surface area contributed by atoms with Crippen LogP contribution in [0.5, 0.6) is 0 Å². The summed E-state index contributed by atoms with van der Waals surface area (Å²) in [5.41, 5.74) is 3.41. The first-order valence-electron chi connectivity index (χ1n) is 7.06. The number of allylic oxidation sites excluding steroid dienone is 1. The van der Waals surface area contributed by atoms with Crippen LogP contribution in [0.1, 0.15) is 18.3 Å². The van der Waals surface area contributed by atoms with Crippen LogP contribution < -0.4 is 0 Å². The van der Waals surface area contributed by atoms with E-state index in [1.165, 1.54) is 0 Å². The van der Waals surface area contributed by atoms with Crippen LogP contribution >= 0.6 is 11.6 Å². The number of rotatable bonds is 3. The van der Waals surface area contributed by atoms with Crippen LogP contribution in [-0.4, -0.2) is 9.55 Å². The number of benzene rings is 2. The van der Waals surface area contributed by atoms with Gasteiger partial charge in [-0.15, -0.1) is 0 Å². The summed E-state index contributed by atoms with van der Waals surface area (Å²) in [6.45, 7) is 2.81. The van der Waals surface area contributed by atoms with Crippen LogP contribution in [0.3, 0.4) is 0 Å². The minimum atomic E-state index is 0.542. The van der Waals surface area contributed by atoms with Crippen molar-refractivity contribution >= 4 is 34.3 Å². The number of halogens is 1. The molecule has 0 bridgehead atoms. The lowest BCUT2D eigenvalue weighted by molar-refractivity contribution is 0.775. The maximum absolute atomic E-state index is 9.54. The number of nitrogens with zero attached hydrogens (tertiary/aromatic N) is 3. The van der Waals surface area contributed by atoms with Gasteiger partial charge in [-0.25, -0.2) is 4.98 Å². The lowest BCUT2D eigenvalue weighted by Gasteiger charge is -2.05. The van der Waals surface area contributed by atoms with E-state index in [0.717, 1.165) is 23.1 Å². The Morgan fingerprint density at radius 1 is 1.23 bits per heavy atom. The molecule has 22 heavy (non-hydrogen) atoms. The highest BCUT2D eigenvalue weighted by Crippen LogP contribution is 2.23. The summed E-state index contributed by atoms with van der Waals surface area (Å²) in [5, 5.41) is 10.2. The van der Waals surface area contributed by atoms with Gasteiger partial charge in [-0.1, -0.05) is 35.9 Å². The summed E-state index contributed by atoms with van der Waals surface area (Å²) in [7, 11) is 0. The molecule has 0 unspecified atom stereocenters. The lowest BCUT2D eigenvalue weighted by Crippen LogP contribution is -2.00. The van der Waals surface area contributed by atoms with Crippen molar-refractivity contribution in [3.05, 3.63) is 64.9 Å². The minimum absolute atomic E-state index is 0.542. The average molecular weight is 308 g/mol. The van der Waals surface area contributed by atoms with Gasteiger partial charge in [0, 0.05) is 11.6 Å². The Hall–Kier alpha value is -2.57. The molecular formula is C18H14ClN3. The second-order valence-electron chi connectivity index (χ2n) is 4.89. The van der Waals surface area contributed by atoms with E-state index in [2.05, 4.69) is 22.5 Å². The van der Waals surface area contributed by atoms with E-state index in [4.69, 9.17) is 11.6 Å². The molecular weight excluding hydrogens is 294 g/mol. The summed E-state index contributed by atoms with van der Waals surface area (Å²) in [5.74, 6) is 0.696. The molecule has 0 amide bonds. The molecule has 0 aliphatic rings. The van der Waals surface area contributed by atoms with Crippen molar-refractivity contribution in [2.75, 3.05) is 0 Å². The maximum Gasteiger partial charge on any atom is 0.151 e. The van der Waals surface area contributed by atoms with Gasteiger partial charge in [0.1, 0.15) is 6.07 Å². The predicted molar refractivity (Wildman–Crippen MR) is 90.3 cm³/mol. The molecule has 1 heterocycles. The SMILES string of the molecule is CCn1c(/C(C#N)=C\c2ccc(Cl)cc2)nc2ccccc21. The molecule has 3 rings (SSSR count). The first-order chi connectivity index (χ1) is 10.7. The number of imidazole rings is 1. The number of aromatic nitrogens is 2. The molecule has 0 aliphatic carbocycles. The molecule has 0 fully saturated rings. The first kappa shape index (κ1) is 14.4. The Balaban J connectivity index is 2.15. The lowest BCUT2D eigenvalue weighted by atomic mass is 10.1. The Kier molecular flexibility index (Phi) is 3.95. The average Bonchev–Trinajstić information content (AvgIpc) is 2.92. The van der Waals surface area contributed by atoms with Crippen molar-refractivity contribution in [1.82, 2.24) is 9.55 Å². The van der Waals surface area contributed by atoms with Gasteiger partial charge in [-0.05, 0) is 42.8 Å². The van der Waals surface area contributed by atoms with Gasteiger partial charge < -0.3 is 4.57 Å². The fourth-order valence-corrected chi connectivity index (χ4v) is 2.60. The quantitative estimate of drug-likeness (QED) is 0.654. The van der Waals surface area contributed by atoms with Crippen LogP contribution in [0, 0.1) is 11.3 Å². The minimum Gasteiger partial charge on any atom is -0.324 e. The van der Waals surface area contributed by atoms with Crippen LogP contribution in [0.2, 0.25) is 5.02 Å². The molecule has 0 saturated heterocycles. The number of fused-ring (bicyclic) bond motifs is 1. The van der Waals surface area contributed by atoms with E-state index in [0.29, 0.717) is 16.4 Å².